The summed E-state index contributed by atoms with van der Waals surface area (Å²) in [6, 6.07) is 43.1. The highest BCUT2D eigenvalue weighted by atomic mass is 28.3. The van der Waals surface area contributed by atoms with Crippen molar-refractivity contribution in [3.63, 3.8) is 0 Å². The highest BCUT2D eigenvalue weighted by Crippen LogP contribution is 2.54. The Labute approximate surface area is 240 Å². The van der Waals surface area contributed by atoms with Crippen LogP contribution >= 0.6 is 0 Å². The molecule has 194 valence electrons. The average Bonchev–Trinajstić information content (AvgIpc) is 3.40. The Hall–Kier alpha value is -5.26. The van der Waals surface area contributed by atoms with Gasteiger partial charge in [-0.25, -0.2) is 0 Å². The number of hydrogen-bond donors (Lipinski definition) is 0. The van der Waals surface area contributed by atoms with E-state index in [0.717, 1.165) is 33.7 Å². The van der Waals surface area contributed by atoms with Crippen LogP contribution in [0.15, 0.2) is 159 Å². The van der Waals surface area contributed by atoms with Gasteiger partial charge in [-0.2, -0.15) is 0 Å². The molecule has 5 heteroatoms. The fourth-order valence-corrected chi connectivity index (χ4v) is 11.6. The largest absolute Gasteiger partial charge is 0.261 e. The van der Waals surface area contributed by atoms with E-state index in [1.807, 2.05) is 12.4 Å². The van der Waals surface area contributed by atoms with E-state index in [1.54, 1.807) is 24.8 Å². The van der Waals surface area contributed by atoms with Crippen molar-refractivity contribution in [1.82, 2.24) is 19.9 Å². The second kappa shape index (κ2) is 10.7. The molecule has 0 unspecified atom stereocenters. The zero-order valence-electron chi connectivity index (χ0n) is 22.3. The molecule has 0 amide bonds. The van der Waals surface area contributed by atoms with Crippen LogP contribution in [0.4, 0.5) is 0 Å². The van der Waals surface area contributed by atoms with Gasteiger partial charge >= 0.3 is 0 Å². The molecule has 1 aliphatic rings. The molecule has 4 nitrogen and oxygen atoms in total. The third kappa shape index (κ3) is 4.15. The summed E-state index contributed by atoms with van der Waals surface area (Å²) in [5.41, 5.74) is 6.34. The maximum atomic E-state index is 4.99. The average molecular weight is 543 g/mol. The molecule has 7 rings (SSSR count). The second-order valence-electron chi connectivity index (χ2n) is 9.90. The highest BCUT2D eigenvalue weighted by molar-refractivity contribution is 7.29. The van der Waals surface area contributed by atoms with Gasteiger partial charge in [-0.15, -0.1) is 0 Å². The third-order valence-electron chi connectivity index (χ3n) is 7.68. The van der Waals surface area contributed by atoms with Gasteiger partial charge in [0.2, 0.25) is 0 Å². The van der Waals surface area contributed by atoms with Gasteiger partial charge in [-0.3, -0.25) is 19.9 Å². The van der Waals surface area contributed by atoms with Crippen molar-refractivity contribution in [2.24, 2.45) is 0 Å². The van der Waals surface area contributed by atoms with E-state index < -0.39 is 8.07 Å². The molecule has 6 aromatic rings. The van der Waals surface area contributed by atoms with Crippen LogP contribution in [0.1, 0.15) is 22.5 Å². The summed E-state index contributed by atoms with van der Waals surface area (Å²) in [5.74, 6) is 0. The number of aromatic nitrogens is 4. The maximum absolute atomic E-state index is 4.99. The fraction of sp³-hybridized carbons (Fsp3) is 0. The summed E-state index contributed by atoms with van der Waals surface area (Å²) in [7, 11) is -3.06. The first kappa shape index (κ1) is 24.8. The first-order valence-electron chi connectivity index (χ1n) is 13.6. The molecule has 0 aliphatic carbocycles. The molecular weight excluding hydrogens is 517 g/mol. The normalized spacial score (nSPS) is 14.3. The topological polar surface area (TPSA) is 51.6 Å². The van der Waals surface area contributed by atoms with Gasteiger partial charge in [0.25, 0.3) is 0 Å². The van der Waals surface area contributed by atoms with Crippen molar-refractivity contribution >= 4 is 40.0 Å². The van der Waals surface area contributed by atoms with Gasteiger partial charge in [-0.1, -0.05) is 121 Å². The molecule has 0 atom stereocenters. The van der Waals surface area contributed by atoms with Crippen LogP contribution < -0.4 is 10.4 Å². The number of nitrogens with zero attached hydrogens (tertiary/aromatic N) is 4. The van der Waals surface area contributed by atoms with E-state index in [1.165, 1.54) is 20.8 Å². The summed E-state index contributed by atoms with van der Waals surface area (Å²) < 4.78 is 0. The van der Waals surface area contributed by atoms with Crippen LogP contribution in [0.25, 0.3) is 21.5 Å². The Kier molecular flexibility index (Phi) is 6.47. The molecule has 0 spiro atoms. The first-order chi connectivity index (χ1) is 20.4. The monoisotopic (exact) mass is 542 g/mol. The number of hydrogen-bond acceptors (Lipinski definition) is 4. The summed E-state index contributed by atoms with van der Waals surface area (Å²) in [5, 5.41) is 4.92. The Morgan fingerprint density at radius 3 is 1.10 bits per heavy atom. The van der Waals surface area contributed by atoms with Crippen LogP contribution in [0.2, 0.25) is 0 Å². The van der Waals surface area contributed by atoms with E-state index >= 15 is 0 Å². The predicted molar refractivity (Wildman–Crippen MR) is 168 cm³/mol. The zero-order valence-corrected chi connectivity index (χ0v) is 23.3. The second-order valence-corrected chi connectivity index (χ2v) is 13.6. The summed E-state index contributed by atoms with van der Waals surface area (Å²) in [4.78, 5) is 19.2. The third-order valence-corrected chi connectivity index (χ3v) is 12.6. The van der Waals surface area contributed by atoms with Gasteiger partial charge in [0.05, 0.1) is 23.8 Å². The van der Waals surface area contributed by atoms with Gasteiger partial charge in [0, 0.05) is 24.8 Å². The molecule has 3 heterocycles. The Balaban J connectivity index is 1.77. The van der Waals surface area contributed by atoms with E-state index in [-0.39, 0.29) is 0 Å². The lowest BCUT2D eigenvalue weighted by atomic mass is 9.90. The van der Waals surface area contributed by atoms with E-state index in [2.05, 4.69) is 131 Å². The summed E-state index contributed by atoms with van der Waals surface area (Å²) >= 11 is 0. The van der Waals surface area contributed by atoms with Gasteiger partial charge in [0.1, 0.15) is 0 Å². The SMILES string of the molecule is c1ccc(C2=C(c3cnccn3)[Si](c3ccccc3)(c3ccccc3)C(c3cnccn3)=C2c2ccccc2)cc1. The molecule has 0 radical (unpaired) electrons. The summed E-state index contributed by atoms with van der Waals surface area (Å²) in [6.07, 6.45) is 10.9. The molecule has 0 bridgehead atoms. The minimum atomic E-state index is -3.06. The van der Waals surface area contributed by atoms with Crippen LogP contribution in [0.3, 0.4) is 0 Å². The Bertz CT molecular complexity index is 1700. The molecule has 0 fully saturated rings. The lowest BCUT2D eigenvalue weighted by Crippen LogP contribution is -2.60. The van der Waals surface area contributed by atoms with Crippen molar-refractivity contribution in [2.75, 3.05) is 0 Å². The first-order valence-corrected chi connectivity index (χ1v) is 15.6. The van der Waals surface area contributed by atoms with E-state index in [9.17, 15) is 0 Å². The minimum absolute atomic E-state index is 0.873. The Morgan fingerprint density at radius 2 is 0.756 bits per heavy atom. The number of rotatable bonds is 6. The van der Waals surface area contributed by atoms with Crippen molar-refractivity contribution < 1.29 is 0 Å². The van der Waals surface area contributed by atoms with Crippen LogP contribution in [0.5, 0.6) is 0 Å². The summed E-state index contributed by atoms with van der Waals surface area (Å²) in [6.45, 7) is 0. The standard InChI is InChI=1S/C36H26N4Si/c1-5-13-27(14-6-1)33-34(28-15-7-2-8-16-28)36(32-26-38-22-24-40-32)41(29-17-9-3-10-18-29,30-19-11-4-12-20-30)35(33)31-25-37-21-23-39-31/h1-26H. The molecular formula is C36H26N4Si. The molecule has 2 aromatic heterocycles. The molecule has 0 saturated heterocycles. The molecule has 41 heavy (non-hydrogen) atoms. The molecule has 4 aromatic carbocycles. The quantitative estimate of drug-likeness (QED) is 0.237. The fourth-order valence-electron chi connectivity index (χ4n) is 6.15. The van der Waals surface area contributed by atoms with Crippen molar-refractivity contribution in [3.05, 3.63) is 181 Å². The van der Waals surface area contributed by atoms with E-state index in [0.29, 0.717) is 0 Å². The number of benzene rings is 4. The van der Waals surface area contributed by atoms with Crippen molar-refractivity contribution in [3.8, 4) is 0 Å². The molecule has 0 saturated carbocycles. The minimum Gasteiger partial charge on any atom is -0.261 e. The number of allylic oxidation sites excluding steroid dienone is 2. The van der Waals surface area contributed by atoms with Crippen LogP contribution in [-0.4, -0.2) is 28.0 Å². The van der Waals surface area contributed by atoms with Gasteiger partial charge in [0.15, 0.2) is 8.07 Å². The van der Waals surface area contributed by atoms with Crippen molar-refractivity contribution in [1.29, 1.82) is 0 Å². The molecule has 0 N–H and O–H groups in total. The van der Waals surface area contributed by atoms with Crippen molar-refractivity contribution in [2.45, 2.75) is 0 Å². The zero-order chi connectivity index (χ0) is 27.5. The smallest absolute Gasteiger partial charge is 0.186 e. The van der Waals surface area contributed by atoms with Gasteiger partial charge in [-0.05, 0) is 43.0 Å². The highest BCUT2D eigenvalue weighted by Gasteiger charge is 2.54. The van der Waals surface area contributed by atoms with Crippen LogP contribution in [0, 0.1) is 0 Å². The Morgan fingerprint density at radius 1 is 0.390 bits per heavy atom. The molecule has 1 aliphatic heterocycles. The van der Waals surface area contributed by atoms with E-state index in [4.69, 9.17) is 9.97 Å². The predicted octanol–water partition coefficient (Wildman–Crippen LogP) is 6.14. The van der Waals surface area contributed by atoms with Crippen LogP contribution in [-0.2, 0) is 0 Å². The maximum Gasteiger partial charge on any atom is 0.186 e. The van der Waals surface area contributed by atoms with Gasteiger partial charge < -0.3 is 0 Å². The lowest BCUT2D eigenvalue weighted by molar-refractivity contribution is 1.17. The lowest BCUT2D eigenvalue weighted by Gasteiger charge is -2.34.